The van der Waals surface area contributed by atoms with Gasteiger partial charge in [0.1, 0.15) is 11.8 Å². The molecule has 0 spiro atoms. The summed E-state index contributed by atoms with van der Waals surface area (Å²) in [5.41, 5.74) is 1.63. The Balaban J connectivity index is 1.74. The van der Waals surface area contributed by atoms with E-state index in [0.717, 1.165) is 5.56 Å². The van der Waals surface area contributed by atoms with Crippen molar-refractivity contribution in [2.24, 2.45) is 5.92 Å². The van der Waals surface area contributed by atoms with Gasteiger partial charge in [-0.15, -0.1) is 0 Å². The largest absolute Gasteiger partial charge is 0.491 e. The molecule has 1 fully saturated rings. The molecule has 1 aliphatic rings. The van der Waals surface area contributed by atoms with Gasteiger partial charge in [0.25, 0.3) is 0 Å². The molecule has 1 aliphatic heterocycles. The van der Waals surface area contributed by atoms with Gasteiger partial charge in [-0.2, -0.15) is 0 Å². The predicted octanol–water partition coefficient (Wildman–Crippen LogP) is 3.30. The van der Waals surface area contributed by atoms with Crippen molar-refractivity contribution in [2.75, 3.05) is 25.0 Å². The zero-order chi connectivity index (χ0) is 19.9. The van der Waals surface area contributed by atoms with Crippen LogP contribution < -0.4 is 15.4 Å². The van der Waals surface area contributed by atoms with Crippen molar-refractivity contribution in [3.8, 4) is 5.75 Å². The van der Waals surface area contributed by atoms with Gasteiger partial charge in [0.15, 0.2) is 0 Å². The smallest absolute Gasteiger partial charge is 0.322 e. The zero-order valence-electron chi connectivity index (χ0n) is 16.4. The van der Waals surface area contributed by atoms with Crippen LogP contribution >= 0.6 is 0 Å². The molecular formula is C22H27N3O3. The SMILES string of the molecule is CC(C)COc1ccccc1NC(=O)N1CCNC(=O)[C@@H]1Cc1ccccc1. The van der Waals surface area contributed by atoms with E-state index in [4.69, 9.17) is 4.74 Å². The van der Waals surface area contributed by atoms with Crippen LogP contribution in [0.5, 0.6) is 5.75 Å². The third-order valence-corrected chi connectivity index (χ3v) is 4.56. The van der Waals surface area contributed by atoms with Crippen molar-refractivity contribution in [1.82, 2.24) is 10.2 Å². The average Bonchev–Trinajstić information content (AvgIpc) is 2.69. The lowest BCUT2D eigenvalue weighted by molar-refractivity contribution is -0.127. The molecule has 0 saturated carbocycles. The second kappa shape index (κ2) is 9.26. The average molecular weight is 381 g/mol. The number of amides is 3. The highest BCUT2D eigenvalue weighted by Gasteiger charge is 2.33. The van der Waals surface area contributed by atoms with Crippen LogP contribution in [0.4, 0.5) is 10.5 Å². The maximum absolute atomic E-state index is 13.0. The summed E-state index contributed by atoms with van der Waals surface area (Å²) >= 11 is 0. The Bertz CT molecular complexity index is 808. The number of para-hydroxylation sites is 2. The van der Waals surface area contributed by atoms with Gasteiger partial charge in [-0.05, 0) is 23.6 Å². The van der Waals surface area contributed by atoms with Crippen molar-refractivity contribution in [3.63, 3.8) is 0 Å². The highest BCUT2D eigenvalue weighted by molar-refractivity contribution is 5.95. The molecule has 28 heavy (non-hydrogen) atoms. The second-order valence-corrected chi connectivity index (χ2v) is 7.32. The van der Waals surface area contributed by atoms with Gasteiger partial charge in [0, 0.05) is 19.5 Å². The van der Waals surface area contributed by atoms with E-state index in [0.29, 0.717) is 43.5 Å². The zero-order valence-corrected chi connectivity index (χ0v) is 16.4. The first-order valence-corrected chi connectivity index (χ1v) is 9.65. The molecule has 0 aliphatic carbocycles. The predicted molar refractivity (Wildman–Crippen MR) is 109 cm³/mol. The lowest BCUT2D eigenvalue weighted by atomic mass is 10.0. The fraction of sp³-hybridized carbons (Fsp3) is 0.364. The van der Waals surface area contributed by atoms with Crippen molar-refractivity contribution in [1.29, 1.82) is 0 Å². The van der Waals surface area contributed by atoms with E-state index in [-0.39, 0.29) is 11.9 Å². The van der Waals surface area contributed by atoms with Crippen molar-refractivity contribution in [3.05, 3.63) is 60.2 Å². The molecular weight excluding hydrogens is 354 g/mol. The molecule has 2 aromatic carbocycles. The number of benzene rings is 2. The minimum absolute atomic E-state index is 0.130. The van der Waals surface area contributed by atoms with Gasteiger partial charge < -0.3 is 20.3 Å². The van der Waals surface area contributed by atoms with Crippen LogP contribution in [0.2, 0.25) is 0 Å². The number of hydrogen-bond donors (Lipinski definition) is 2. The topological polar surface area (TPSA) is 70.7 Å². The molecule has 148 valence electrons. The molecule has 1 saturated heterocycles. The number of anilines is 1. The summed E-state index contributed by atoms with van der Waals surface area (Å²) in [5.74, 6) is 0.880. The molecule has 0 radical (unpaired) electrons. The number of carbonyl (C=O) groups is 2. The lowest BCUT2D eigenvalue weighted by Crippen LogP contribution is -2.59. The number of piperazine rings is 1. The fourth-order valence-corrected chi connectivity index (χ4v) is 3.14. The van der Waals surface area contributed by atoms with E-state index < -0.39 is 6.04 Å². The minimum atomic E-state index is -0.542. The summed E-state index contributed by atoms with van der Waals surface area (Å²) in [5, 5.41) is 5.78. The molecule has 1 atom stereocenters. The Morgan fingerprint density at radius 1 is 1.18 bits per heavy atom. The van der Waals surface area contributed by atoms with E-state index in [1.165, 1.54) is 0 Å². The van der Waals surface area contributed by atoms with Gasteiger partial charge in [-0.3, -0.25) is 4.79 Å². The Kier molecular flexibility index (Phi) is 6.53. The summed E-state index contributed by atoms with van der Waals surface area (Å²) in [6, 6.07) is 16.3. The Morgan fingerprint density at radius 2 is 1.89 bits per heavy atom. The molecule has 3 rings (SSSR count). The van der Waals surface area contributed by atoms with E-state index in [1.807, 2.05) is 54.6 Å². The van der Waals surface area contributed by atoms with Gasteiger partial charge in [-0.1, -0.05) is 56.3 Å². The standard InChI is InChI=1S/C22H27N3O3/c1-16(2)15-28-20-11-7-6-10-18(20)24-22(27)25-13-12-23-21(26)19(25)14-17-8-4-3-5-9-17/h3-11,16,19H,12-15H2,1-2H3,(H,23,26)(H,24,27)/t19-/m0/s1. The second-order valence-electron chi connectivity index (χ2n) is 7.32. The number of urea groups is 1. The molecule has 1 heterocycles. The third kappa shape index (κ3) is 5.03. The maximum Gasteiger partial charge on any atom is 0.322 e. The highest BCUT2D eigenvalue weighted by atomic mass is 16.5. The molecule has 0 bridgehead atoms. The monoisotopic (exact) mass is 381 g/mol. The number of carbonyl (C=O) groups excluding carboxylic acids is 2. The van der Waals surface area contributed by atoms with Crippen LogP contribution in [0, 0.1) is 5.92 Å². The van der Waals surface area contributed by atoms with E-state index in [9.17, 15) is 9.59 Å². The number of rotatable bonds is 6. The van der Waals surface area contributed by atoms with Crippen LogP contribution in [0.1, 0.15) is 19.4 Å². The van der Waals surface area contributed by atoms with Crippen LogP contribution in [-0.2, 0) is 11.2 Å². The van der Waals surface area contributed by atoms with E-state index >= 15 is 0 Å². The molecule has 2 aromatic rings. The third-order valence-electron chi connectivity index (χ3n) is 4.56. The first-order chi connectivity index (χ1) is 13.5. The minimum Gasteiger partial charge on any atom is -0.491 e. The first kappa shape index (κ1) is 19.7. The summed E-state index contributed by atoms with van der Waals surface area (Å²) in [6.07, 6.45) is 0.478. The highest BCUT2D eigenvalue weighted by Crippen LogP contribution is 2.25. The quantitative estimate of drug-likeness (QED) is 0.807. The molecule has 6 heteroatoms. The summed E-state index contributed by atoms with van der Waals surface area (Å²) in [6.45, 7) is 5.62. The Labute approximate surface area is 165 Å². The van der Waals surface area contributed by atoms with Gasteiger partial charge in [0.05, 0.1) is 12.3 Å². The maximum atomic E-state index is 13.0. The fourth-order valence-electron chi connectivity index (χ4n) is 3.14. The van der Waals surface area contributed by atoms with Crippen molar-refractivity contribution < 1.29 is 14.3 Å². The number of nitrogens with one attached hydrogen (secondary N) is 2. The summed E-state index contributed by atoms with van der Waals surface area (Å²) < 4.78 is 5.82. The number of hydrogen-bond acceptors (Lipinski definition) is 3. The first-order valence-electron chi connectivity index (χ1n) is 9.65. The molecule has 3 amide bonds. The van der Waals surface area contributed by atoms with E-state index in [1.54, 1.807) is 4.90 Å². The number of ether oxygens (including phenoxy) is 1. The van der Waals surface area contributed by atoms with Crippen LogP contribution in [-0.4, -0.2) is 42.6 Å². The summed E-state index contributed by atoms with van der Waals surface area (Å²) in [7, 11) is 0. The van der Waals surface area contributed by atoms with Gasteiger partial charge in [-0.25, -0.2) is 4.79 Å². The van der Waals surface area contributed by atoms with Crippen molar-refractivity contribution >= 4 is 17.6 Å². The van der Waals surface area contributed by atoms with Crippen molar-refractivity contribution in [2.45, 2.75) is 26.3 Å². The lowest BCUT2D eigenvalue weighted by Gasteiger charge is -2.35. The Morgan fingerprint density at radius 3 is 2.64 bits per heavy atom. The van der Waals surface area contributed by atoms with Gasteiger partial charge >= 0.3 is 6.03 Å². The number of nitrogens with zero attached hydrogens (tertiary/aromatic N) is 1. The van der Waals surface area contributed by atoms with E-state index in [2.05, 4.69) is 24.5 Å². The Hall–Kier alpha value is -3.02. The molecule has 0 unspecified atom stereocenters. The normalized spacial score (nSPS) is 16.6. The molecule has 2 N–H and O–H groups in total. The van der Waals surface area contributed by atoms with Crippen LogP contribution in [0.25, 0.3) is 0 Å². The summed E-state index contributed by atoms with van der Waals surface area (Å²) in [4.78, 5) is 27.0. The van der Waals surface area contributed by atoms with Crippen LogP contribution in [0.15, 0.2) is 54.6 Å². The molecule has 0 aromatic heterocycles. The van der Waals surface area contributed by atoms with Crippen LogP contribution in [0.3, 0.4) is 0 Å². The molecule has 6 nitrogen and oxygen atoms in total. The van der Waals surface area contributed by atoms with Gasteiger partial charge in [0.2, 0.25) is 5.91 Å².